The van der Waals surface area contributed by atoms with Crippen molar-refractivity contribution in [3.8, 4) is 11.3 Å². The van der Waals surface area contributed by atoms with Crippen molar-refractivity contribution in [2.75, 3.05) is 10.2 Å². The van der Waals surface area contributed by atoms with Crippen molar-refractivity contribution in [1.29, 1.82) is 0 Å². The van der Waals surface area contributed by atoms with Crippen LogP contribution in [0.2, 0.25) is 0 Å². The SMILES string of the molecule is Cc1cccn2cc(-c3cccc(NC(=O)c4ccc(N5C(=O)[C@H]6CCCC[C@@H]6C5=O)cc4)c3)nc12. The molecule has 0 radical (unpaired) electrons. The fourth-order valence-corrected chi connectivity index (χ4v) is 5.43. The van der Waals surface area contributed by atoms with Crippen molar-refractivity contribution in [1.82, 2.24) is 9.38 Å². The smallest absolute Gasteiger partial charge is 0.255 e. The van der Waals surface area contributed by atoms with E-state index in [1.165, 1.54) is 4.90 Å². The molecule has 7 heteroatoms. The average molecular weight is 479 g/mol. The highest BCUT2D eigenvalue weighted by atomic mass is 16.2. The van der Waals surface area contributed by atoms with E-state index in [-0.39, 0.29) is 29.6 Å². The van der Waals surface area contributed by atoms with E-state index >= 15 is 0 Å². The lowest BCUT2D eigenvalue weighted by Crippen LogP contribution is -2.30. The first-order chi connectivity index (χ1) is 17.5. The molecule has 1 aliphatic heterocycles. The third-order valence-corrected chi connectivity index (χ3v) is 7.32. The normalized spacial score (nSPS) is 19.5. The van der Waals surface area contributed by atoms with E-state index in [0.717, 1.165) is 48.2 Å². The van der Waals surface area contributed by atoms with Crippen molar-refractivity contribution in [2.24, 2.45) is 11.8 Å². The molecule has 7 nitrogen and oxygen atoms in total. The second kappa shape index (κ2) is 8.75. The second-order valence-electron chi connectivity index (χ2n) is 9.64. The van der Waals surface area contributed by atoms with Gasteiger partial charge in [0, 0.05) is 29.2 Å². The molecule has 0 unspecified atom stereocenters. The van der Waals surface area contributed by atoms with E-state index in [2.05, 4.69) is 5.32 Å². The third kappa shape index (κ3) is 3.77. The number of benzene rings is 2. The number of carbonyl (C=O) groups excluding carboxylic acids is 3. The van der Waals surface area contributed by atoms with Gasteiger partial charge in [-0.2, -0.15) is 0 Å². The fraction of sp³-hybridized carbons (Fsp3) is 0.241. The van der Waals surface area contributed by atoms with Gasteiger partial charge in [0.05, 0.1) is 23.2 Å². The summed E-state index contributed by atoms with van der Waals surface area (Å²) < 4.78 is 1.99. The number of anilines is 2. The van der Waals surface area contributed by atoms with E-state index in [4.69, 9.17) is 4.98 Å². The van der Waals surface area contributed by atoms with Crippen molar-refractivity contribution in [3.05, 3.63) is 84.2 Å². The van der Waals surface area contributed by atoms with Crippen LogP contribution in [0.1, 0.15) is 41.6 Å². The van der Waals surface area contributed by atoms with E-state index in [1.54, 1.807) is 24.3 Å². The zero-order valence-corrected chi connectivity index (χ0v) is 20.0. The topological polar surface area (TPSA) is 83.8 Å². The minimum atomic E-state index is -0.266. The van der Waals surface area contributed by atoms with Crippen LogP contribution < -0.4 is 10.2 Å². The minimum Gasteiger partial charge on any atom is -0.322 e. The van der Waals surface area contributed by atoms with E-state index in [0.29, 0.717) is 16.9 Å². The summed E-state index contributed by atoms with van der Waals surface area (Å²) in [7, 11) is 0. The molecular weight excluding hydrogens is 452 g/mol. The number of imide groups is 1. The predicted molar refractivity (Wildman–Crippen MR) is 138 cm³/mol. The molecule has 3 heterocycles. The molecule has 2 fully saturated rings. The number of aryl methyl sites for hydroxylation is 1. The maximum Gasteiger partial charge on any atom is 0.255 e. The van der Waals surface area contributed by atoms with Gasteiger partial charge in [-0.25, -0.2) is 4.98 Å². The number of amides is 3. The number of nitrogens with zero attached hydrogens (tertiary/aromatic N) is 3. The molecule has 1 saturated heterocycles. The maximum atomic E-state index is 12.9. The van der Waals surface area contributed by atoms with Crippen LogP contribution in [0, 0.1) is 18.8 Å². The van der Waals surface area contributed by atoms with Gasteiger partial charge in [0.1, 0.15) is 5.65 Å². The monoisotopic (exact) mass is 478 g/mol. The first-order valence-corrected chi connectivity index (χ1v) is 12.3. The van der Waals surface area contributed by atoms with Gasteiger partial charge in [-0.1, -0.05) is 31.0 Å². The summed E-state index contributed by atoms with van der Waals surface area (Å²) >= 11 is 0. The van der Waals surface area contributed by atoms with Crippen LogP contribution in [0.25, 0.3) is 16.9 Å². The molecule has 3 amide bonds. The lowest BCUT2D eigenvalue weighted by atomic mass is 9.81. The Morgan fingerprint density at radius 3 is 2.36 bits per heavy atom. The fourth-order valence-electron chi connectivity index (χ4n) is 5.43. The molecular formula is C29H26N4O3. The van der Waals surface area contributed by atoms with Crippen LogP contribution in [0.5, 0.6) is 0 Å². The highest BCUT2D eigenvalue weighted by Crippen LogP contribution is 2.40. The Hall–Kier alpha value is -4.26. The lowest BCUT2D eigenvalue weighted by molar-refractivity contribution is -0.122. The van der Waals surface area contributed by atoms with E-state index in [9.17, 15) is 14.4 Å². The summed E-state index contributed by atoms with van der Waals surface area (Å²) in [5.41, 5.74) is 5.35. The first-order valence-electron chi connectivity index (χ1n) is 12.3. The van der Waals surface area contributed by atoms with E-state index < -0.39 is 0 Å². The molecule has 2 atom stereocenters. The van der Waals surface area contributed by atoms with Crippen LogP contribution in [0.3, 0.4) is 0 Å². The zero-order valence-electron chi connectivity index (χ0n) is 20.0. The number of imidazole rings is 1. The van der Waals surface area contributed by atoms with Gasteiger partial charge in [0.15, 0.2) is 0 Å². The first kappa shape index (κ1) is 22.2. The summed E-state index contributed by atoms with van der Waals surface area (Å²) in [6.07, 6.45) is 7.47. The molecule has 2 aliphatic rings. The van der Waals surface area contributed by atoms with Crippen LogP contribution in [0.15, 0.2) is 73.1 Å². The van der Waals surface area contributed by atoms with Gasteiger partial charge in [0.25, 0.3) is 5.91 Å². The summed E-state index contributed by atoms with van der Waals surface area (Å²) in [5, 5.41) is 2.94. The van der Waals surface area contributed by atoms with Crippen LogP contribution in [0.4, 0.5) is 11.4 Å². The Morgan fingerprint density at radius 2 is 1.67 bits per heavy atom. The Morgan fingerprint density at radius 1 is 0.944 bits per heavy atom. The number of nitrogens with one attached hydrogen (secondary N) is 1. The molecule has 0 bridgehead atoms. The third-order valence-electron chi connectivity index (χ3n) is 7.32. The van der Waals surface area contributed by atoms with E-state index in [1.807, 2.05) is 60.1 Å². The van der Waals surface area contributed by atoms with Crippen LogP contribution >= 0.6 is 0 Å². The van der Waals surface area contributed by atoms with Gasteiger partial charge in [0.2, 0.25) is 11.8 Å². The molecule has 36 heavy (non-hydrogen) atoms. The summed E-state index contributed by atoms with van der Waals surface area (Å²) in [6, 6.07) is 18.2. The molecule has 6 rings (SSSR count). The number of pyridine rings is 1. The van der Waals surface area contributed by atoms with Crippen LogP contribution in [-0.4, -0.2) is 27.1 Å². The largest absolute Gasteiger partial charge is 0.322 e. The number of rotatable bonds is 4. The Balaban J connectivity index is 1.19. The van der Waals surface area contributed by atoms with Crippen molar-refractivity contribution < 1.29 is 14.4 Å². The predicted octanol–water partition coefficient (Wildman–Crippen LogP) is 5.24. The van der Waals surface area contributed by atoms with Gasteiger partial charge < -0.3 is 9.72 Å². The lowest BCUT2D eigenvalue weighted by Gasteiger charge is -2.19. The zero-order chi connectivity index (χ0) is 24.8. The standard InChI is InChI=1S/C29H26N4O3/c1-18-6-5-15-32-17-25(31-26(18)32)20-7-4-8-21(16-20)30-27(34)19-11-13-22(14-12-19)33-28(35)23-9-2-3-10-24(23)29(33)36/h4-8,11-17,23-24H,2-3,9-10H2,1H3,(H,30,34)/t23-,24-/m0/s1. The molecule has 2 aromatic heterocycles. The summed E-state index contributed by atoms with van der Waals surface area (Å²) in [4.78, 5) is 44.7. The van der Waals surface area contributed by atoms with Crippen LogP contribution in [-0.2, 0) is 9.59 Å². The number of hydrogen-bond acceptors (Lipinski definition) is 4. The Bertz CT molecular complexity index is 1480. The average Bonchev–Trinajstić information content (AvgIpc) is 3.45. The maximum absolute atomic E-state index is 12.9. The van der Waals surface area contributed by atoms with Crippen molar-refractivity contribution >= 4 is 34.7 Å². The minimum absolute atomic E-state index is 0.110. The molecule has 4 aromatic rings. The second-order valence-corrected chi connectivity index (χ2v) is 9.64. The quantitative estimate of drug-likeness (QED) is 0.407. The number of fused-ring (bicyclic) bond motifs is 2. The summed E-state index contributed by atoms with van der Waals surface area (Å²) in [6.45, 7) is 2.02. The molecule has 180 valence electrons. The molecule has 2 aromatic carbocycles. The number of hydrogen-bond donors (Lipinski definition) is 1. The highest BCUT2D eigenvalue weighted by Gasteiger charge is 2.48. The number of carbonyl (C=O) groups is 3. The molecule has 1 aliphatic carbocycles. The van der Waals surface area contributed by atoms with Gasteiger partial charge in [-0.15, -0.1) is 0 Å². The van der Waals surface area contributed by atoms with Crippen molar-refractivity contribution in [3.63, 3.8) is 0 Å². The molecule has 1 N–H and O–H groups in total. The molecule has 0 spiro atoms. The molecule has 1 saturated carbocycles. The van der Waals surface area contributed by atoms with Gasteiger partial charge in [-0.3, -0.25) is 19.3 Å². The van der Waals surface area contributed by atoms with Crippen molar-refractivity contribution in [2.45, 2.75) is 32.6 Å². The van der Waals surface area contributed by atoms with Gasteiger partial charge >= 0.3 is 0 Å². The number of aromatic nitrogens is 2. The van der Waals surface area contributed by atoms with Gasteiger partial charge in [-0.05, 0) is 67.8 Å². The Kier molecular flexibility index (Phi) is 5.40. The Labute approximate surface area is 208 Å². The highest BCUT2D eigenvalue weighted by molar-refractivity contribution is 6.22. The summed E-state index contributed by atoms with van der Waals surface area (Å²) in [5.74, 6) is -0.879.